The van der Waals surface area contributed by atoms with Gasteiger partial charge in [-0.2, -0.15) is 13.2 Å². The third-order valence-electron chi connectivity index (χ3n) is 2.65. The summed E-state index contributed by atoms with van der Waals surface area (Å²) in [6, 6.07) is 2.35. The minimum Gasteiger partial charge on any atom is -0.479 e. The molecule has 110 valence electrons. The van der Waals surface area contributed by atoms with Gasteiger partial charge < -0.3 is 16.2 Å². The molecule has 20 heavy (non-hydrogen) atoms. The number of amides is 1. The summed E-state index contributed by atoms with van der Waals surface area (Å²) in [6.07, 6.45) is -3.94. The molecule has 1 aromatic heterocycles. The van der Waals surface area contributed by atoms with Crippen LogP contribution in [0.15, 0.2) is 18.3 Å². The highest BCUT2D eigenvalue weighted by Crippen LogP contribution is 2.30. The molecule has 0 aliphatic carbocycles. The van der Waals surface area contributed by atoms with Crippen molar-refractivity contribution < 1.29 is 27.9 Å². The summed E-state index contributed by atoms with van der Waals surface area (Å²) in [5, 5.41) is 10.2. The number of hydrogen-bond acceptors (Lipinski definition) is 4. The molecule has 1 atom stereocenters. The molecular weight excluding hydrogens is 279 g/mol. The molecule has 9 heteroatoms. The Balaban J connectivity index is 3.06. The maximum atomic E-state index is 12.7. The second kappa shape index (κ2) is 5.45. The monoisotopic (exact) mass is 291 g/mol. The number of halogens is 3. The first kappa shape index (κ1) is 15.9. The van der Waals surface area contributed by atoms with Crippen LogP contribution in [-0.4, -0.2) is 33.7 Å². The second-order valence-corrected chi connectivity index (χ2v) is 4.12. The van der Waals surface area contributed by atoms with Crippen LogP contribution in [0.3, 0.4) is 0 Å². The molecule has 0 spiro atoms. The molecule has 1 heterocycles. The van der Waals surface area contributed by atoms with Crippen LogP contribution < -0.4 is 11.1 Å². The van der Waals surface area contributed by atoms with E-state index < -0.39 is 23.6 Å². The van der Waals surface area contributed by atoms with E-state index in [4.69, 9.17) is 10.8 Å². The molecule has 0 aliphatic rings. The number of alkyl halides is 3. The minimum atomic E-state index is -5.14. The summed E-state index contributed by atoms with van der Waals surface area (Å²) < 4.78 is 38.2. The van der Waals surface area contributed by atoms with E-state index in [9.17, 15) is 22.8 Å². The summed E-state index contributed by atoms with van der Waals surface area (Å²) in [6.45, 7) is 0.370. The van der Waals surface area contributed by atoms with Crippen molar-refractivity contribution in [3.63, 3.8) is 0 Å². The zero-order chi connectivity index (χ0) is 15.6. The largest absolute Gasteiger partial charge is 0.479 e. The van der Waals surface area contributed by atoms with Crippen molar-refractivity contribution in [2.45, 2.75) is 25.2 Å². The Morgan fingerprint density at radius 2 is 2.05 bits per heavy atom. The third kappa shape index (κ3) is 3.05. The van der Waals surface area contributed by atoms with Crippen LogP contribution >= 0.6 is 0 Å². The molecule has 4 N–H and O–H groups in total. The number of carbonyl (C=O) groups is 2. The van der Waals surface area contributed by atoms with Gasteiger partial charge in [-0.15, -0.1) is 0 Å². The van der Waals surface area contributed by atoms with E-state index in [-0.39, 0.29) is 12.1 Å². The van der Waals surface area contributed by atoms with Gasteiger partial charge in [-0.1, -0.05) is 0 Å². The van der Waals surface area contributed by atoms with E-state index in [0.29, 0.717) is 12.6 Å². The van der Waals surface area contributed by atoms with Gasteiger partial charge in [-0.25, -0.2) is 4.79 Å². The molecule has 1 unspecified atom stereocenters. The van der Waals surface area contributed by atoms with Crippen LogP contribution in [0.1, 0.15) is 23.0 Å². The highest BCUT2D eigenvalue weighted by Gasteiger charge is 2.58. The number of carbonyl (C=O) groups excluding carboxylic acids is 1. The highest BCUT2D eigenvalue weighted by molar-refractivity contribution is 5.98. The molecule has 1 amide bonds. The molecule has 1 aromatic rings. The number of carboxylic acid groups (broad SMARTS) is 1. The van der Waals surface area contributed by atoms with Gasteiger partial charge in [0.25, 0.3) is 5.91 Å². The van der Waals surface area contributed by atoms with Crippen molar-refractivity contribution in [1.82, 2.24) is 10.3 Å². The lowest BCUT2D eigenvalue weighted by atomic mass is 10.0. The number of nitrogens with zero attached hydrogens (tertiary/aromatic N) is 1. The number of nitrogens with two attached hydrogens (primary N) is 1. The normalized spacial score (nSPS) is 14.4. The molecule has 0 aliphatic heterocycles. The van der Waals surface area contributed by atoms with E-state index in [1.54, 1.807) is 0 Å². The summed E-state index contributed by atoms with van der Waals surface area (Å²) in [5.41, 5.74) is 2.05. The number of carboxylic acids is 1. The zero-order valence-corrected chi connectivity index (χ0v) is 10.4. The smallest absolute Gasteiger partial charge is 0.422 e. The zero-order valence-electron chi connectivity index (χ0n) is 10.4. The summed E-state index contributed by atoms with van der Waals surface area (Å²) in [4.78, 5) is 26.3. The number of nitrogens with one attached hydrogen (secondary N) is 1. The number of aromatic nitrogens is 1. The predicted octanol–water partition coefficient (Wildman–Crippen LogP) is 0.676. The van der Waals surface area contributed by atoms with E-state index in [0.717, 1.165) is 6.07 Å². The van der Waals surface area contributed by atoms with Gasteiger partial charge in [-0.3, -0.25) is 9.78 Å². The van der Waals surface area contributed by atoms with Crippen LogP contribution in [0.4, 0.5) is 13.2 Å². The predicted molar refractivity (Wildman–Crippen MR) is 61.7 cm³/mol. The average Bonchev–Trinajstić information content (AvgIpc) is 2.37. The molecule has 0 fully saturated rings. The van der Waals surface area contributed by atoms with E-state index in [1.165, 1.54) is 17.6 Å². The van der Waals surface area contributed by atoms with Gasteiger partial charge >= 0.3 is 12.1 Å². The molecule has 0 saturated heterocycles. The quantitative estimate of drug-likeness (QED) is 0.756. The Morgan fingerprint density at radius 3 is 2.50 bits per heavy atom. The lowest BCUT2D eigenvalue weighted by molar-refractivity contribution is -0.203. The SMILES string of the molecule is CC(NC(=O)c1ccnc(CN)c1)(C(=O)O)C(F)(F)F. The van der Waals surface area contributed by atoms with E-state index >= 15 is 0 Å². The minimum absolute atomic E-state index is 0.00338. The van der Waals surface area contributed by atoms with Crippen molar-refractivity contribution in [3.05, 3.63) is 29.6 Å². The highest BCUT2D eigenvalue weighted by atomic mass is 19.4. The molecule has 0 saturated carbocycles. The van der Waals surface area contributed by atoms with Gasteiger partial charge in [-0.05, 0) is 19.1 Å². The summed E-state index contributed by atoms with van der Waals surface area (Å²) >= 11 is 0. The van der Waals surface area contributed by atoms with Crippen LogP contribution in [-0.2, 0) is 11.3 Å². The van der Waals surface area contributed by atoms with Crippen LogP contribution in [0.25, 0.3) is 0 Å². The fourth-order valence-corrected chi connectivity index (χ4v) is 1.28. The number of aliphatic carboxylic acids is 1. The number of pyridine rings is 1. The first-order valence-corrected chi connectivity index (χ1v) is 5.39. The standard InChI is InChI=1S/C11H12F3N3O3/c1-10(9(19)20,11(12,13)14)17-8(18)6-2-3-16-7(4-6)5-15/h2-4H,5,15H2,1H3,(H,17,18)(H,19,20). The Bertz CT molecular complexity index is 533. The average molecular weight is 291 g/mol. The Hall–Kier alpha value is -2.16. The number of rotatable bonds is 4. The molecule has 1 rings (SSSR count). The lowest BCUT2D eigenvalue weighted by Crippen LogP contribution is -2.61. The Morgan fingerprint density at radius 1 is 1.45 bits per heavy atom. The van der Waals surface area contributed by atoms with Gasteiger partial charge in [0.05, 0.1) is 5.69 Å². The molecule has 6 nitrogen and oxygen atoms in total. The van der Waals surface area contributed by atoms with E-state index in [1.807, 2.05) is 0 Å². The van der Waals surface area contributed by atoms with Crippen molar-refractivity contribution in [1.29, 1.82) is 0 Å². The second-order valence-electron chi connectivity index (χ2n) is 4.12. The van der Waals surface area contributed by atoms with Crippen molar-refractivity contribution in [3.8, 4) is 0 Å². The lowest BCUT2D eigenvalue weighted by Gasteiger charge is -2.28. The van der Waals surface area contributed by atoms with Crippen LogP contribution in [0.2, 0.25) is 0 Å². The van der Waals surface area contributed by atoms with Gasteiger partial charge in [0.1, 0.15) is 0 Å². The summed E-state index contributed by atoms with van der Waals surface area (Å²) in [5.74, 6) is -3.38. The molecule has 0 radical (unpaired) electrons. The van der Waals surface area contributed by atoms with Crippen molar-refractivity contribution >= 4 is 11.9 Å². The Labute approximate surface area is 111 Å². The van der Waals surface area contributed by atoms with Crippen molar-refractivity contribution in [2.75, 3.05) is 0 Å². The van der Waals surface area contributed by atoms with E-state index in [2.05, 4.69) is 4.98 Å². The van der Waals surface area contributed by atoms with Crippen molar-refractivity contribution in [2.24, 2.45) is 5.73 Å². The number of hydrogen-bond donors (Lipinski definition) is 3. The fourth-order valence-electron chi connectivity index (χ4n) is 1.28. The fraction of sp³-hybridized carbons (Fsp3) is 0.364. The van der Waals surface area contributed by atoms with Crippen LogP contribution in [0.5, 0.6) is 0 Å². The topological polar surface area (TPSA) is 105 Å². The Kier molecular flexibility index (Phi) is 4.33. The first-order valence-electron chi connectivity index (χ1n) is 5.39. The van der Waals surface area contributed by atoms with Gasteiger partial charge in [0.15, 0.2) is 0 Å². The van der Waals surface area contributed by atoms with Gasteiger partial charge in [0, 0.05) is 18.3 Å². The van der Waals surface area contributed by atoms with Crippen LogP contribution in [0, 0.1) is 0 Å². The van der Waals surface area contributed by atoms with Gasteiger partial charge in [0.2, 0.25) is 5.54 Å². The molecular formula is C11H12F3N3O3. The maximum Gasteiger partial charge on any atom is 0.422 e. The first-order chi connectivity index (χ1) is 9.11. The summed E-state index contributed by atoms with van der Waals surface area (Å²) in [7, 11) is 0. The molecule has 0 aromatic carbocycles. The maximum absolute atomic E-state index is 12.7. The molecule has 0 bridgehead atoms. The third-order valence-corrected chi connectivity index (χ3v) is 2.65.